The molecule has 14 heteroatoms. The SMILES string of the molecule is CCCCC/C=C\[C@@H]1C[C@@H]1C(=O)NSC1(C)CC1.COc1ccc2c(OC)cc(-c3nc(C(C)C)cs3)nc2c1C.NC(=O)[C@@H]1CCCN1C(=O)CNc1ccc(F)cc1. The average molecular weight is 861 g/mol. The zero-order valence-electron chi connectivity index (χ0n) is 36.0. The number of halogens is 1. The zero-order valence-corrected chi connectivity index (χ0v) is 37.6. The summed E-state index contributed by atoms with van der Waals surface area (Å²) >= 11 is 3.25. The Morgan fingerprint density at radius 2 is 1.82 bits per heavy atom. The third-order valence-electron chi connectivity index (χ3n) is 11.0. The molecule has 1 aliphatic heterocycles. The highest BCUT2D eigenvalue weighted by Crippen LogP contribution is 2.47. The van der Waals surface area contributed by atoms with Crippen LogP contribution in [0.3, 0.4) is 0 Å². The molecule has 0 unspecified atom stereocenters. The van der Waals surface area contributed by atoms with Crippen molar-refractivity contribution >= 4 is 57.6 Å². The number of anilines is 1. The Labute approximate surface area is 362 Å². The van der Waals surface area contributed by atoms with Gasteiger partial charge in [-0.1, -0.05) is 45.8 Å². The molecule has 3 heterocycles. The lowest BCUT2D eigenvalue weighted by Gasteiger charge is -2.22. The van der Waals surface area contributed by atoms with Crippen molar-refractivity contribution < 1.29 is 28.2 Å². The van der Waals surface area contributed by atoms with E-state index in [0.717, 1.165) is 57.2 Å². The number of nitrogens with zero attached hydrogens (tertiary/aromatic N) is 3. The molecule has 3 amide bonds. The molecule has 3 fully saturated rings. The Kier molecular flexibility index (Phi) is 16.8. The quantitative estimate of drug-likeness (QED) is 0.0569. The van der Waals surface area contributed by atoms with Crippen molar-refractivity contribution in [1.29, 1.82) is 0 Å². The summed E-state index contributed by atoms with van der Waals surface area (Å²) < 4.78 is 27.1. The Hall–Kier alpha value is -4.69. The van der Waals surface area contributed by atoms with Crippen LogP contribution in [0.4, 0.5) is 10.1 Å². The van der Waals surface area contributed by atoms with Crippen molar-refractivity contribution in [2.24, 2.45) is 17.6 Å². The number of carbonyl (C=O) groups excluding carboxylic acids is 3. The Morgan fingerprint density at radius 3 is 2.45 bits per heavy atom. The number of nitrogens with one attached hydrogen (secondary N) is 2. The molecule has 1 saturated heterocycles. The summed E-state index contributed by atoms with van der Waals surface area (Å²) in [4.78, 5) is 46.1. The molecule has 2 aromatic carbocycles. The second-order valence-corrected chi connectivity index (χ2v) is 18.4. The van der Waals surface area contributed by atoms with E-state index in [-0.39, 0.29) is 30.1 Å². The number of allylic oxidation sites excluding steroid dienone is 2. The van der Waals surface area contributed by atoms with Crippen LogP contribution in [0, 0.1) is 24.6 Å². The molecule has 3 aliphatic rings. The molecule has 0 bridgehead atoms. The molecule has 3 atom stereocenters. The van der Waals surface area contributed by atoms with Crippen LogP contribution in [0.15, 0.2) is 60.0 Å². The summed E-state index contributed by atoms with van der Waals surface area (Å²) in [6, 6.07) is 11.1. The van der Waals surface area contributed by atoms with Crippen LogP contribution in [0.5, 0.6) is 11.5 Å². The molecular formula is C46H61FN6O5S2. The van der Waals surface area contributed by atoms with E-state index in [2.05, 4.69) is 55.3 Å². The van der Waals surface area contributed by atoms with Gasteiger partial charge < -0.3 is 25.4 Å². The summed E-state index contributed by atoms with van der Waals surface area (Å²) in [6.07, 6.45) is 14.5. The number of methoxy groups -OCH3 is 2. The molecule has 324 valence electrons. The minimum Gasteiger partial charge on any atom is -0.496 e. The van der Waals surface area contributed by atoms with Crippen molar-refractivity contribution in [3.05, 3.63) is 77.1 Å². The first-order valence-electron chi connectivity index (χ1n) is 21.0. The van der Waals surface area contributed by atoms with Crippen molar-refractivity contribution in [2.45, 2.75) is 109 Å². The van der Waals surface area contributed by atoms with Gasteiger partial charge in [0.05, 0.1) is 32.0 Å². The highest BCUT2D eigenvalue weighted by Gasteiger charge is 2.44. The summed E-state index contributed by atoms with van der Waals surface area (Å²) in [7, 11) is 3.35. The van der Waals surface area contributed by atoms with Crippen LogP contribution in [0.25, 0.3) is 21.6 Å². The van der Waals surface area contributed by atoms with Crippen LogP contribution in [-0.2, 0) is 14.4 Å². The second kappa shape index (κ2) is 21.7. The van der Waals surface area contributed by atoms with E-state index in [1.807, 2.05) is 25.1 Å². The maximum atomic E-state index is 12.7. The fourth-order valence-corrected chi connectivity index (χ4v) is 8.54. The highest BCUT2D eigenvalue weighted by atomic mass is 32.2. The molecule has 2 aliphatic carbocycles. The minimum atomic E-state index is -0.498. The Bertz CT molecular complexity index is 2100. The lowest BCUT2D eigenvalue weighted by atomic mass is 10.1. The molecule has 60 heavy (non-hydrogen) atoms. The van der Waals surface area contributed by atoms with E-state index in [1.165, 1.54) is 55.6 Å². The van der Waals surface area contributed by atoms with Crippen molar-refractivity contribution in [3.8, 4) is 22.2 Å². The van der Waals surface area contributed by atoms with Gasteiger partial charge in [0.25, 0.3) is 0 Å². The van der Waals surface area contributed by atoms with Crippen LogP contribution < -0.4 is 25.2 Å². The van der Waals surface area contributed by atoms with E-state index >= 15 is 0 Å². The number of likely N-dealkylation sites (tertiary alicyclic amines) is 1. The van der Waals surface area contributed by atoms with Crippen LogP contribution >= 0.6 is 23.3 Å². The van der Waals surface area contributed by atoms with Crippen LogP contribution in [0.1, 0.15) is 103 Å². The Balaban J connectivity index is 0.000000172. The smallest absolute Gasteiger partial charge is 0.242 e. The van der Waals surface area contributed by atoms with E-state index in [4.69, 9.17) is 25.2 Å². The second-order valence-electron chi connectivity index (χ2n) is 16.2. The molecule has 2 aromatic heterocycles. The molecule has 0 radical (unpaired) electrons. The van der Waals surface area contributed by atoms with Crippen molar-refractivity contribution in [1.82, 2.24) is 19.6 Å². The number of aryl methyl sites for hydroxylation is 1. The normalized spacial score (nSPS) is 18.6. The average Bonchev–Trinajstić information content (AvgIpc) is 4.03. The summed E-state index contributed by atoms with van der Waals surface area (Å²) in [6.45, 7) is 11.4. The molecule has 4 N–H and O–H groups in total. The number of rotatable bonds is 16. The molecule has 11 nitrogen and oxygen atoms in total. The lowest BCUT2D eigenvalue weighted by Crippen LogP contribution is -2.45. The predicted octanol–water partition coefficient (Wildman–Crippen LogP) is 9.60. The van der Waals surface area contributed by atoms with E-state index in [0.29, 0.717) is 35.2 Å². The van der Waals surface area contributed by atoms with Gasteiger partial charge in [0.15, 0.2) is 0 Å². The first-order valence-corrected chi connectivity index (χ1v) is 22.7. The van der Waals surface area contributed by atoms with Gasteiger partial charge >= 0.3 is 0 Å². The van der Waals surface area contributed by atoms with Crippen LogP contribution in [0.2, 0.25) is 0 Å². The van der Waals surface area contributed by atoms with E-state index in [9.17, 15) is 18.8 Å². The van der Waals surface area contributed by atoms with Crippen molar-refractivity contribution in [2.75, 3.05) is 32.6 Å². The third kappa shape index (κ3) is 12.9. The number of ether oxygens (including phenoxy) is 2. The summed E-state index contributed by atoms with van der Waals surface area (Å²) in [5.41, 5.74) is 9.73. The van der Waals surface area contributed by atoms with Crippen molar-refractivity contribution in [3.63, 3.8) is 0 Å². The first kappa shape index (κ1) is 46.4. The van der Waals surface area contributed by atoms with E-state index in [1.54, 1.807) is 49.6 Å². The lowest BCUT2D eigenvalue weighted by molar-refractivity contribution is -0.135. The molecule has 2 saturated carbocycles. The molecule has 0 spiro atoms. The van der Waals surface area contributed by atoms with Gasteiger partial charge in [-0.15, -0.1) is 11.3 Å². The van der Waals surface area contributed by atoms with Gasteiger partial charge in [0.2, 0.25) is 17.7 Å². The maximum absolute atomic E-state index is 12.7. The number of primary amides is 1. The molecule has 7 rings (SSSR count). The molecule has 4 aromatic rings. The largest absolute Gasteiger partial charge is 0.496 e. The van der Waals surface area contributed by atoms with Gasteiger partial charge in [-0.25, -0.2) is 14.4 Å². The number of benzene rings is 2. The number of hydrogen-bond donors (Lipinski definition) is 3. The number of pyridine rings is 1. The predicted molar refractivity (Wildman–Crippen MR) is 242 cm³/mol. The number of unbranched alkanes of at least 4 members (excludes halogenated alkanes) is 3. The monoisotopic (exact) mass is 860 g/mol. The minimum absolute atomic E-state index is 0.0649. The number of amides is 3. The number of fused-ring (bicyclic) bond motifs is 1. The fourth-order valence-electron chi connectivity index (χ4n) is 6.80. The topological polar surface area (TPSA) is 149 Å². The third-order valence-corrected chi connectivity index (χ3v) is 13.1. The number of aromatic nitrogens is 2. The summed E-state index contributed by atoms with van der Waals surface area (Å²) in [5.74, 6) is 2.08. The number of hydrogen-bond acceptors (Lipinski definition) is 10. The number of nitrogens with two attached hydrogens (primary N) is 1. The van der Waals surface area contributed by atoms with E-state index < -0.39 is 11.9 Å². The van der Waals surface area contributed by atoms with Gasteiger partial charge in [-0.2, -0.15) is 0 Å². The van der Waals surface area contributed by atoms with Gasteiger partial charge in [0, 0.05) is 45.3 Å². The zero-order chi connectivity index (χ0) is 43.4. The van der Waals surface area contributed by atoms with Gasteiger partial charge in [-0.05, 0) is 119 Å². The van der Waals surface area contributed by atoms with Crippen LogP contribution in [-0.4, -0.2) is 70.7 Å². The van der Waals surface area contributed by atoms with Gasteiger partial charge in [-0.3, -0.25) is 19.1 Å². The van der Waals surface area contributed by atoms with Gasteiger partial charge in [0.1, 0.15) is 34.1 Å². The Morgan fingerprint density at radius 1 is 1.08 bits per heavy atom. The number of thiazole rings is 1. The standard InChI is InChI=1S/C18H20N2O2S.C15H25NOS.C13H16FN3O2/c1-10(2)14-9-23-18(20-14)13-8-16(22-5)12-6-7-15(21-4)11(3)17(12)19-13;1-3-4-5-6-7-8-12-11-13(12)14(17)16-18-15(2)9-10-15;14-9-3-5-10(6-4-9)16-8-12(18)17-7-1-2-11(17)13(15)19/h6-10H,1-5H3;7-8,12-13H,3-6,9-11H2,1-2H3,(H,16,17);3-6,11,16H,1-2,7-8H2,(H2,15,19)/b;8-7-;/t;12-,13+;11-/m.10/s1. The highest BCUT2D eigenvalue weighted by molar-refractivity contribution is 7.99. The first-order chi connectivity index (χ1) is 28.8. The fraction of sp³-hybridized carbons (Fsp3) is 0.500. The summed E-state index contributed by atoms with van der Waals surface area (Å²) in [5, 5.41) is 6.89. The number of carbonyl (C=O) groups is 3. The molecular weight excluding hydrogens is 800 g/mol. The maximum Gasteiger partial charge on any atom is 0.242 e.